The van der Waals surface area contributed by atoms with Crippen molar-refractivity contribution >= 4 is 17.6 Å². The van der Waals surface area contributed by atoms with Crippen LogP contribution in [-0.2, 0) is 42.2 Å². The fourth-order valence-electron chi connectivity index (χ4n) is 7.44. The molecule has 0 radical (unpaired) electrons. The van der Waals surface area contributed by atoms with Crippen LogP contribution in [0, 0.1) is 25.7 Å². The quantitative estimate of drug-likeness (QED) is 0.165. The van der Waals surface area contributed by atoms with E-state index in [0.29, 0.717) is 49.4 Å². The van der Waals surface area contributed by atoms with Gasteiger partial charge in [0.15, 0.2) is 0 Å². The predicted molar refractivity (Wildman–Crippen MR) is 168 cm³/mol. The molecule has 49 heavy (non-hydrogen) atoms. The minimum atomic E-state index is -5.00. The third-order valence-electron chi connectivity index (χ3n) is 9.90. The van der Waals surface area contributed by atoms with E-state index in [2.05, 4.69) is 20.3 Å². The molecule has 5 rings (SSSR count). The van der Waals surface area contributed by atoms with Crippen LogP contribution in [0.5, 0.6) is 0 Å². The number of ether oxygens (including phenoxy) is 1. The second-order valence-electron chi connectivity index (χ2n) is 13.3. The number of benzene rings is 2. The van der Waals surface area contributed by atoms with Crippen molar-refractivity contribution in [2.24, 2.45) is 18.9 Å². The fraction of sp³-hybridized carbons (Fsp3) is 0.588. The van der Waals surface area contributed by atoms with E-state index in [4.69, 9.17) is 4.74 Å². The molecule has 0 N–H and O–H groups in total. The number of fused-ring (bicyclic) bond motifs is 1. The number of halogens is 7. The number of carbonyl (C=O) groups excluding carboxylic acids is 1. The van der Waals surface area contributed by atoms with Gasteiger partial charge < -0.3 is 14.5 Å². The Morgan fingerprint density at radius 1 is 0.959 bits per heavy atom. The number of anilines is 2. The van der Waals surface area contributed by atoms with Gasteiger partial charge in [0.1, 0.15) is 6.67 Å². The zero-order chi connectivity index (χ0) is 35.7. The molecule has 1 aliphatic carbocycles. The fourth-order valence-corrected chi connectivity index (χ4v) is 7.44. The van der Waals surface area contributed by atoms with Gasteiger partial charge in [0.2, 0.25) is 0 Å². The number of hydrogen-bond acceptors (Lipinski definition) is 7. The van der Waals surface area contributed by atoms with Gasteiger partial charge in [0.25, 0.3) is 5.95 Å². The maximum Gasteiger partial charge on any atom is 0.416 e. The molecule has 1 aromatic heterocycles. The Balaban J connectivity index is 1.55. The van der Waals surface area contributed by atoms with E-state index in [-0.39, 0.29) is 36.0 Å². The molecular weight excluding hydrogens is 657 g/mol. The third kappa shape index (κ3) is 8.29. The summed E-state index contributed by atoms with van der Waals surface area (Å²) in [5.41, 5.74) is 0.548. The summed E-state index contributed by atoms with van der Waals surface area (Å²) in [6, 6.07) is 2.87. The molecule has 0 unspecified atom stereocenters. The van der Waals surface area contributed by atoms with Crippen molar-refractivity contribution in [3.63, 3.8) is 0 Å². The molecular formula is C34H41F7N6O2. The molecule has 3 aromatic rings. The van der Waals surface area contributed by atoms with Gasteiger partial charge in [0.05, 0.1) is 31.3 Å². The first-order valence-corrected chi connectivity index (χ1v) is 16.4. The second kappa shape index (κ2) is 14.5. The number of hydrogen-bond donors (Lipinski definition) is 0. The van der Waals surface area contributed by atoms with Gasteiger partial charge in [-0.3, -0.25) is 4.79 Å². The Bertz CT molecular complexity index is 1600. The van der Waals surface area contributed by atoms with E-state index in [1.54, 1.807) is 11.8 Å². The summed E-state index contributed by atoms with van der Waals surface area (Å²) in [5, 5.41) is 12.4. The Hall–Kier alpha value is -3.91. The summed E-state index contributed by atoms with van der Waals surface area (Å²) in [4.78, 5) is 16.9. The summed E-state index contributed by atoms with van der Waals surface area (Å²) in [6.45, 7) is 3.90. The van der Waals surface area contributed by atoms with Gasteiger partial charge in [-0.15, -0.1) is 5.10 Å². The van der Waals surface area contributed by atoms with Crippen LogP contribution in [0.4, 0.5) is 42.4 Å². The summed E-state index contributed by atoms with van der Waals surface area (Å²) in [6.07, 6.45) is -4.93. The van der Waals surface area contributed by atoms with Gasteiger partial charge in [-0.05, 0) is 115 Å². The molecule has 2 heterocycles. The van der Waals surface area contributed by atoms with Gasteiger partial charge in [-0.1, -0.05) is 11.2 Å². The molecule has 0 bridgehead atoms. The average molecular weight is 699 g/mol. The topological polar surface area (TPSA) is 76.4 Å². The number of carbonyl (C=O) groups is 1. The molecule has 15 heteroatoms. The molecule has 8 nitrogen and oxygen atoms in total. The van der Waals surface area contributed by atoms with E-state index in [9.17, 15) is 35.5 Å². The maximum absolute atomic E-state index is 14.5. The highest BCUT2D eigenvalue weighted by Crippen LogP contribution is 2.45. The second-order valence-corrected chi connectivity index (χ2v) is 13.3. The first-order chi connectivity index (χ1) is 23.1. The number of tetrazole rings is 1. The molecule has 2 aromatic carbocycles. The number of rotatable bonds is 9. The van der Waals surface area contributed by atoms with Crippen LogP contribution >= 0.6 is 0 Å². The van der Waals surface area contributed by atoms with Crippen LogP contribution in [0.25, 0.3) is 0 Å². The lowest BCUT2D eigenvalue weighted by molar-refractivity contribution is -0.143. The standard InChI is InChI=1S/C34H41F7N6O2/c1-20-12-27-29(47(32-42-44-45(3)43-32)19-24-13-25(33(36,37)38)16-26(14-24)34(39,40)41)6-5-11-46(31(27)21(2)28(20)17-35)18-23-9-7-22(8-10-23)15-30(48)49-4/h12-14,16,22-23,29H,5-11,15,17-19H2,1-4H3/t22?,23?,29-/m0/s1. The molecule has 1 fully saturated rings. The Labute approximate surface area is 280 Å². The van der Waals surface area contributed by atoms with Gasteiger partial charge in [-0.2, -0.15) is 31.1 Å². The van der Waals surface area contributed by atoms with Gasteiger partial charge >= 0.3 is 18.3 Å². The molecule has 0 spiro atoms. The van der Waals surface area contributed by atoms with E-state index >= 15 is 0 Å². The number of methoxy groups -OCH3 is 1. The van der Waals surface area contributed by atoms with Crippen molar-refractivity contribution in [3.8, 4) is 0 Å². The van der Waals surface area contributed by atoms with E-state index in [0.717, 1.165) is 54.6 Å². The minimum Gasteiger partial charge on any atom is -0.469 e. The Kier molecular flexibility index (Phi) is 10.8. The van der Waals surface area contributed by atoms with Crippen molar-refractivity contribution in [1.29, 1.82) is 0 Å². The van der Waals surface area contributed by atoms with E-state index in [1.165, 1.54) is 19.0 Å². The summed E-state index contributed by atoms with van der Waals surface area (Å²) in [7, 11) is 2.90. The van der Waals surface area contributed by atoms with Crippen LogP contribution in [0.2, 0.25) is 0 Å². The summed E-state index contributed by atoms with van der Waals surface area (Å²) < 4.78 is 102. The zero-order valence-corrected chi connectivity index (χ0v) is 28.0. The number of aromatic nitrogens is 4. The van der Waals surface area contributed by atoms with Crippen molar-refractivity contribution in [2.45, 2.75) is 90.4 Å². The Morgan fingerprint density at radius 3 is 2.14 bits per heavy atom. The van der Waals surface area contributed by atoms with Crippen LogP contribution < -0.4 is 9.80 Å². The molecule has 0 amide bonds. The molecule has 1 atom stereocenters. The molecule has 2 aliphatic rings. The van der Waals surface area contributed by atoms with Crippen molar-refractivity contribution in [1.82, 2.24) is 20.2 Å². The number of nitrogens with zero attached hydrogens (tertiary/aromatic N) is 6. The van der Waals surface area contributed by atoms with Gasteiger partial charge in [0, 0.05) is 31.7 Å². The smallest absolute Gasteiger partial charge is 0.416 e. The van der Waals surface area contributed by atoms with Crippen molar-refractivity contribution in [3.05, 3.63) is 63.2 Å². The molecule has 1 aliphatic heterocycles. The molecule has 1 saturated carbocycles. The summed E-state index contributed by atoms with van der Waals surface area (Å²) in [5.74, 6) is 0.402. The van der Waals surface area contributed by atoms with Gasteiger partial charge in [-0.25, -0.2) is 4.39 Å². The maximum atomic E-state index is 14.5. The highest BCUT2D eigenvalue weighted by Gasteiger charge is 2.38. The molecule has 268 valence electrons. The highest BCUT2D eigenvalue weighted by atomic mass is 19.4. The van der Waals surface area contributed by atoms with Crippen LogP contribution in [-0.4, -0.2) is 46.4 Å². The van der Waals surface area contributed by atoms with Crippen LogP contribution in [0.15, 0.2) is 24.3 Å². The minimum absolute atomic E-state index is 0.0478. The zero-order valence-electron chi connectivity index (χ0n) is 28.0. The highest BCUT2D eigenvalue weighted by molar-refractivity contribution is 5.69. The lowest BCUT2D eigenvalue weighted by atomic mass is 9.80. The first kappa shape index (κ1) is 36.4. The normalized spacial score (nSPS) is 20.1. The SMILES string of the molecule is COC(=O)CC1CCC(CN2CCC[C@H](N(Cc3cc(C(F)(F)F)cc(C(F)(F)F)c3)c3nnn(C)n3)c3cc(C)c(CF)c(C)c32)CC1. The third-order valence-corrected chi connectivity index (χ3v) is 9.90. The monoisotopic (exact) mass is 698 g/mol. The van der Waals surface area contributed by atoms with Crippen molar-refractivity contribution < 1.29 is 40.3 Å². The molecule has 0 saturated heterocycles. The number of alkyl halides is 7. The Morgan fingerprint density at radius 2 is 1.59 bits per heavy atom. The van der Waals surface area contributed by atoms with Crippen molar-refractivity contribution in [2.75, 3.05) is 30.0 Å². The largest absolute Gasteiger partial charge is 0.469 e. The lowest BCUT2D eigenvalue weighted by Crippen LogP contribution is -2.34. The first-order valence-electron chi connectivity index (χ1n) is 16.4. The van der Waals surface area contributed by atoms with E-state index < -0.39 is 36.2 Å². The van der Waals surface area contributed by atoms with Crippen LogP contribution in [0.1, 0.15) is 89.9 Å². The van der Waals surface area contributed by atoms with E-state index in [1.807, 2.05) is 13.0 Å². The number of esters is 1. The summed E-state index contributed by atoms with van der Waals surface area (Å²) >= 11 is 0. The van der Waals surface area contributed by atoms with Crippen LogP contribution in [0.3, 0.4) is 0 Å². The predicted octanol–water partition coefficient (Wildman–Crippen LogP) is 8.05. The number of aryl methyl sites for hydroxylation is 2. The lowest BCUT2D eigenvalue weighted by Gasteiger charge is -2.36. The average Bonchev–Trinajstić information content (AvgIpc) is 3.39.